The fourth-order valence-electron chi connectivity index (χ4n) is 3.17. The molecule has 0 unspecified atom stereocenters. The van der Waals surface area contributed by atoms with E-state index in [1.165, 1.54) is 11.6 Å². The van der Waals surface area contributed by atoms with Crippen LogP contribution in [0.1, 0.15) is 36.8 Å². The summed E-state index contributed by atoms with van der Waals surface area (Å²) in [6.45, 7) is 1.13. The Balaban J connectivity index is 1.81. The molecule has 178 valence electrons. The van der Waals surface area contributed by atoms with Gasteiger partial charge in [-0.15, -0.1) is 13.2 Å². The van der Waals surface area contributed by atoms with Crippen molar-refractivity contribution >= 4 is 13.3 Å². The van der Waals surface area contributed by atoms with Crippen LogP contribution in [-0.2, 0) is 17.5 Å². The number of halogens is 3. The molecule has 2 rings (SSSR count). The van der Waals surface area contributed by atoms with Crippen LogP contribution in [0.15, 0.2) is 48.5 Å². The van der Waals surface area contributed by atoms with E-state index in [2.05, 4.69) is 27.5 Å². The quantitative estimate of drug-likeness (QED) is 0.226. The average Bonchev–Trinajstić information content (AvgIpc) is 2.70. The van der Waals surface area contributed by atoms with Crippen molar-refractivity contribution in [2.75, 3.05) is 24.6 Å². The van der Waals surface area contributed by atoms with E-state index in [9.17, 15) is 17.7 Å². The number of anilines is 1. The predicted octanol–water partition coefficient (Wildman–Crippen LogP) is 5.07. The maximum absolute atomic E-state index is 12.8. The lowest BCUT2D eigenvalue weighted by molar-refractivity contribution is -0.274. The third kappa shape index (κ3) is 11.5. The molecule has 0 fully saturated rings. The summed E-state index contributed by atoms with van der Waals surface area (Å²) in [6, 6.07) is 14.7. The summed E-state index contributed by atoms with van der Waals surface area (Å²) in [5.74, 6) is -0.295. The molecule has 0 aliphatic rings. The van der Waals surface area contributed by atoms with Crippen molar-refractivity contribution in [2.45, 2.75) is 45.0 Å². The van der Waals surface area contributed by atoms with Crippen LogP contribution in [0.4, 0.5) is 18.9 Å². The molecule has 4 N–H and O–H groups in total. The van der Waals surface area contributed by atoms with Crippen LogP contribution in [0.2, 0.25) is 0 Å². The van der Waals surface area contributed by atoms with Crippen LogP contribution >= 0.6 is 7.60 Å². The summed E-state index contributed by atoms with van der Waals surface area (Å²) in [5, 5.41) is 5.99. The van der Waals surface area contributed by atoms with Gasteiger partial charge in [-0.1, -0.05) is 42.8 Å². The Morgan fingerprint density at radius 1 is 0.906 bits per heavy atom. The molecule has 2 aromatic carbocycles. The van der Waals surface area contributed by atoms with E-state index in [0.717, 1.165) is 25.7 Å². The Hall–Kier alpha value is -2.06. The Morgan fingerprint density at radius 3 is 2.34 bits per heavy atom. The van der Waals surface area contributed by atoms with Crippen molar-refractivity contribution in [3.05, 3.63) is 59.7 Å². The fourth-order valence-corrected chi connectivity index (χ4v) is 3.74. The molecule has 0 amide bonds. The first kappa shape index (κ1) is 26.2. The molecule has 0 saturated heterocycles. The molecule has 6 nitrogen and oxygen atoms in total. The minimum absolute atomic E-state index is 0.239. The molecule has 0 atom stereocenters. The zero-order valence-electron chi connectivity index (χ0n) is 17.8. The predicted molar refractivity (Wildman–Crippen MR) is 119 cm³/mol. The largest absolute Gasteiger partial charge is 0.573 e. The van der Waals surface area contributed by atoms with Gasteiger partial charge in [0.25, 0.3) is 0 Å². The van der Waals surface area contributed by atoms with E-state index in [-0.39, 0.29) is 30.6 Å². The molecule has 0 spiro atoms. The van der Waals surface area contributed by atoms with Crippen molar-refractivity contribution in [3.8, 4) is 5.75 Å². The van der Waals surface area contributed by atoms with Gasteiger partial charge in [-0.25, -0.2) is 0 Å². The van der Waals surface area contributed by atoms with Gasteiger partial charge in [0, 0.05) is 13.1 Å². The van der Waals surface area contributed by atoms with E-state index < -0.39 is 14.0 Å². The Morgan fingerprint density at radius 2 is 1.66 bits per heavy atom. The number of unbranched alkanes of at least 4 members (excludes halogenated alkanes) is 2. The number of hydrogen-bond donors (Lipinski definition) is 4. The van der Waals surface area contributed by atoms with Crippen molar-refractivity contribution < 1.29 is 32.3 Å². The minimum Gasteiger partial charge on any atom is -0.404 e. The first-order valence-electron chi connectivity index (χ1n) is 10.5. The monoisotopic (exact) mass is 474 g/mol. The molecule has 32 heavy (non-hydrogen) atoms. The average molecular weight is 474 g/mol. The normalized spacial score (nSPS) is 12.0. The lowest BCUT2D eigenvalue weighted by Gasteiger charge is -2.16. The molecule has 0 bridgehead atoms. The molecular formula is C22H30F3N2O4P. The zero-order chi connectivity index (χ0) is 23.5. The molecule has 0 saturated carbocycles. The minimum atomic E-state index is -4.80. The van der Waals surface area contributed by atoms with Crippen LogP contribution in [0.25, 0.3) is 0 Å². The summed E-state index contributed by atoms with van der Waals surface area (Å²) in [5.41, 5.74) is 2.12. The molecule has 10 heteroatoms. The highest BCUT2D eigenvalue weighted by molar-refractivity contribution is 7.51. The molecule has 2 aromatic rings. The summed E-state index contributed by atoms with van der Waals surface area (Å²) >= 11 is 0. The zero-order valence-corrected chi connectivity index (χ0v) is 18.7. The SMILES string of the molecule is O=P(O)(O)CCCNCc1ccc(NCCCCCc2ccccc2)c(OC(F)(F)F)c1. The van der Waals surface area contributed by atoms with Crippen LogP contribution in [0.3, 0.4) is 0 Å². The van der Waals surface area contributed by atoms with Crippen LogP contribution < -0.4 is 15.4 Å². The first-order chi connectivity index (χ1) is 15.1. The second-order valence-corrected chi connectivity index (χ2v) is 9.30. The number of alkyl halides is 3. The highest BCUT2D eigenvalue weighted by Crippen LogP contribution is 2.34. The van der Waals surface area contributed by atoms with Crippen molar-refractivity contribution in [1.29, 1.82) is 0 Å². The van der Waals surface area contributed by atoms with Gasteiger partial charge >= 0.3 is 14.0 Å². The molecule has 0 aliphatic heterocycles. The van der Waals surface area contributed by atoms with E-state index in [4.69, 9.17) is 9.79 Å². The Bertz CT molecular complexity index is 860. The fraction of sp³-hybridized carbons (Fsp3) is 0.455. The highest BCUT2D eigenvalue weighted by Gasteiger charge is 2.32. The highest BCUT2D eigenvalue weighted by atomic mass is 31.2. The van der Waals surface area contributed by atoms with E-state index in [1.54, 1.807) is 12.1 Å². The smallest absolute Gasteiger partial charge is 0.404 e. The van der Waals surface area contributed by atoms with Crippen molar-refractivity contribution in [3.63, 3.8) is 0 Å². The summed E-state index contributed by atoms with van der Waals surface area (Å²) in [4.78, 5) is 17.7. The number of aryl methyl sites for hydroxylation is 1. The van der Waals surface area contributed by atoms with Gasteiger partial charge in [0.15, 0.2) is 5.75 Å². The lowest BCUT2D eigenvalue weighted by Crippen LogP contribution is -2.19. The number of rotatable bonds is 14. The maximum Gasteiger partial charge on any atom is 0.573 e. The van der Waals surface area contributed by atoms with Crippen LogP contribution in [0.5, 0.6) is 5.75 Å². The topological polar surface area (TPSA) is 90.8 Å². The maximum atomic E-state index is 12.8. The van der Waals surface area contributed by atoms with Crippen LogP contribution in [0, 0.1) is 0 Å². The summed E-state index contributed by atoms with van der Waals surface area (Å²) < 4.78 is 53.5. The molecule has 0 aliphatic carbocycles. The lowest BCUT2D eigenvalue weighted by atomic mass is 10.1. The number of benzene rings is 2. The van der Waals surface area contributed by atoms with Crippen LogP contribution in [-0.4, -0.2) is 35.4 Å². The van der Waals surface area contributed by atoms with Gasteiger partial charge in [-0.3, -0.25) is 4.57 Å². The molecule has 0 radical (unpaired) electrons. The number of nitrogens with one attached hydrogen (secondary N) is 2. The second-order valence-electron chi connectivity index (χ2n) is 7.52. The number of ether oxygens (including phenoxy) is 1. The first-order valence-corrected chi connectivity index (χ1v) is 12.3. The van der Waals surface area contributed by atoms with Crippen molar-refractivity contribution in [2.24, 2.45) is 0 Å². The third-order valence-corrected chi connectivity index (χ3v) is 5.60. The van der Waals surface area contributed by atoms with Gasteiger partial charge in [0.1, 0.15) is 0 Å². The Labute approximate surface area is 186 Å². The Kier molecular flexibility index (Phi) is 10.5. The van der Waals surface area contributed by atoms with Gasteiger partial charge in [0.2, 0.25) is 0 Å². The van der Waals surface area contributed by atoms with Gasteiger partial charge in [-0.05, 0) is 55.5 Å². The van der Waals surface area contributed by atoms with E-state index in [1.807, 2.05) is 18.2 Å². The third-order valence-electron chi connectivity index (χ3n) is 4.70. The van der Waals surface area contributed by atoms with Gasteiger partial charge in [-0.2, -0.15) is 0 Å². The van der Waals surface area contributed by atoms with Gasteiger partial charge in [0.05, 0.1) is 11.8 Å². The molecular weight excluding hydrogens is 444 g/mol. The number of hydrogen-bond acceptors (Lipinski definition) is 4. The standard InChI is InChI=1S/C22H30F3N2O4P/c23-22(24,25)31-21-16-19(17-26-13-7-15-32(28,29)30)11-12-20(21)27-14-6-2-5-10-18-8-3-1-4-9-18/h1,3-4,8-9,11-12,16,26-27H,2,5-7,10,13-15,17H2,(H2,28,29,30). The van der Waals surface area contributed by atoms with Gasteiger partial charge < -0.3 is 25.2 Å². The van der Waals surface area contributed by atoms with E-state index in [0.29, 0.717) is 18.7 Å². The summed E-state index contributed by atoms with van der Waals surface area (Å²) in [6.07, 6.45) is -1.03. The second kappa shape index (κ2) is 12.8. The van der Waals surface area contributed by atoms with E-state index >= 15 is 0 Å². The summed E-state index contributed by atoms with van der Waals surface area (Å²) in [7, 11) is -4.04. The molecule has 0 aromatic heterocycles. The van der Waals surface area contributed by atoms with Crippen molar-refractivity contribution in [1.82, 2.24) is 5.32 Å². The molecule has 0 heterocycles.